The molecule has 3 rings (SSSR count). The van der Waals surface area contributed by atoms with Crippen LogP contribution >= 0.6 is 23.2 Å². The Labute approximate surface area is 184 Å². The van der Waals surface area contributed by atoms with Gasteiger partial charge in [0, 0.05) is 23.7 Å². The van der Waals surface area contributed by atoms with Crippen LogP contribution in [-0.4, -0.2) is 32.4 Å². The minimum atomic E-state index is -0.799. The number of fused-ring (bicyclic) bond motifs is 1. The molecule has 0 saturated heterocycles. The summed E-state index contributed by atoms with van der Waals surface area (Å²) >= 11 is 12.7. The summed E-state index contributed by atoms with van der Waals surface area (Å²) in [6, 6.07) is 5.57. The van der Waals surface area contributed by atoms with Gasteiger partial charge in [-0.1, -0.05) is 43.5 Å². The second-order valence-electron chi connectivity index (χ2n) is 7.31. The molecule has 0 aliphatic heterocycles. The lowest BCUT2D eigenvalue weighted by molar-refractivity contribution is 0.0952. The summed E-state index contributed by atoms with van der Waals surface area (Å²) in [6.07, 6.45) is 5.54. The SMILES string of the molecule is CCCC(CC)(Cn1cc(O)c(=O)c(C(=O)NC)n1)n1cc(Cl)c2cc(Cl)ccc21. The third-order valence-corrected chi connectivity index (χ3v) is 5.98. The number of halogens is 2. The highest BCUT2D eigenvalue weighted by Gasteiger charge is 2.32. The minimum absolute atomic E-state index is 0.331. The standard InChI is InChI=1S/C21H24Cl2N4O3/c1-4-8-21(5-2,27-10-15(23)14-9-13(22)6-7-16(14)27)12-26-11-17(28)19(29)18(25-26)20(30)24-3/h6-7,9-11,28H,4-5,8,12H2,1-3H3,(H,24,30). The molecule has 9 heteroatoms. The van der Waals surface area contributed by atoms with Crippen LogP contribution in [0.3, 0.4) is 0 Å². The third kappa shape index (κ3) is 3.91. The molecule has 7 nitrogen and oxygen atoms in total. The zero-order valence-electron chi connectivity index (χ0n) is 17.1. The predicted molar refractivity (Wildman–Crippen MR) is 119 cm³/mol. The maximum Gasteiger partial charge on any atom is 0.275 e. The molecule has 30 heavy (non-hydrogen) atoms. The summed E-state index contributed by atoms with van der Waals surface area (Å²) < 4.78 is 3.57. The Balaban J connectivity index is 2.18. The van der Waals surface area contributed by atoms with Gasteiger partial charge in [0.25, 0.3) is 11.3 Å². The Morgan fingerprint density at radius 2 is 2.00 bits per heavy atom. The molecule has 0 aliphatic rings. The highest BCUT2D eigenvalue weighted by atomic mass is 35.5. The molecular weight excluding hydrogens is 427 g/mol. The smallest absolute Gasteiger partial charge is 0.275 e. The van der Waals surface area contributed by atoms with E-state index in [0.717, 1.165) is 30.2 Å². The van der Waals surface area contributed by atoms with Gasteiger partial charge < -0.3 is 15.0 Å². The topological polar surface area (TPSA) is 89.2 Å². The highest BCUT2D eigenvalue weighted by Crippen LogP contribution is 2.37. The molecule has 1 atom stereocenters. The summed E-state index contributed by atoms with van der Waals surface area (Å²) in [6.45, 7) is 4.48. The van der Waals surface area contributed by atoms with Crippen LogP contribution in [-0.2, 0) is 12.1 Å². The van der Waals surface area contributed by atoms with Gasteiger partial charge in [-0.3, -0.25) is 14.3 Å². The molecule has 0 bridgehead atoms. The number of benzene rings is 1. The van der Waals surface area contributed by atoms with E-state index in [-0.39, 0.29) is 5.69 Å². The number of carbonyl (C=O) groups excluding carboxylic acids is 1. The van der Waals surface area contributed by atoms with Crippen molar-refractivity contribution in [2.75, 3.05) is 7.05 Å². The molecule has 160 valence electrons. The van der Waals surface area contributed by atoms with Crippen LogP contribution < -0.4 is 10.7 Å². The Morgan fingerprint density at radius 1 is 1.27 bits per heavy atom. The van der Waals surface area contributed by atoms with Gasteiger partial charge in [0.15, 0.2) is 11.4 Å². The van der Waals surface area contributed by atoms with E-state index in [9.17, 15) is 14.7 Å². The fourth-order valence-electron chi connectivity index (χ4n) is 3.93. The van der Waals surface area contributed by atoms with Gasteiger partial charge in [-0.2, -0.15) is 5.10 Å². The monoisotopic (exact) mass is 450 g/mol. The normalized spacial score (nSPS) is 13.4. The van der Waals surface area contributed by atoms with Crippen LogP contribution in [0.1, 0.15) is 43.6 Å². The number of nitrogens with zero attached hydrogens (tertiary/aromatic N) is 3. The number of hydrogen-bond acceptors (Lipinski definition) is 4. The maximum atomic E-state index is 12.1. The fraction of sp³-hybridized carbons (Fsp3) is 0.381. The van der Waals surface area contributed by atoms with Gasteiger partial charge in [0.05, 0.1) is 28.8 Å². The van der Waals surface area contributed by atoms with E-state index >= 15 is 0 Å². The first-order chi connectivity index (χ1) is 14.3. The lowest BCUT2D eigenvalue weighted by Gasteiger charge is -2.36. The van der Waals surface area contributed by atoms with Crippen LogP contribution in [0, 0.1) is 0 Å². The van der Waals surface area contributed by atoms with Gasteiger partial charge in [0.1, 0.15) is 0 Å². The summed E-state index contributed by atoms with van der Waals surface area (Å²) in [5, 5.41) is 18.7. The number of aromatic nitrogens is 3. The molecule has 2 N–H and O–H groups in total. The molecule has 0 spiro atoms. The van der Waals surface area contributed by atoms with Gasteiger partial charge >= 0.3 is 0 Å². The average Bonchev–Trinajstić information content (AvgIpc) is 3.05. The predicted octanol–water partition coefficient (Wildman–Crippen LogP) is 4.18. The zero-order chi connectivity index (χ0) is 22.1. The Morgan fingerprint density at radius 3 is 2.63 bits per heavy atom. The van der Waals surface area contributed by atoms with Crippen molar-refractivity contribution >= 4 is 40.0 Å². The summed E-state index contributed by atoms with van der Waals surface area (Å²) in [5.41, 5.74) is -0.674. The Kier molecular flexibility index (Phi) is 6.43. The van der Waals surface area contributed by atoms with Crippen molar-refractivity contribution in [2.45, 2.75) is 45.2 Å². The van der Waals surface area contributed by atoms with Gasteiger partial charge in [-0.25, -0.2) is 0 Å². The average molecular weight is 451 g/mol. The molecule has 1 aromatic carbocycles. The second kappa shape index (κ2) is 8.70. The van der Waals surface area contributed by atoms with Crippen molar-refractivity contribution < 1.29 is 9.90 Å². The molecule has 2 aromatic heterocycles. The summed E-state index contributed by atoms with van der Waals surface area (Å²) in [7, 11) is 1.41. The van der Waals surface area contributed by atoms with E-state index in [1.54, 1.807) is 0 Å². The first-order valence-corrected chi connectivity index (χ1v) is 10.5. The van der Waals surface area contributed by atoms with Crippen molar-refractivity contribution in [3.05, 3.63) is 56.6 Å². The zero-order valence-corrected chi connectivity index (χ0v) is 18.6. The molecule has 0 fully saturated rings. The van der Waals surface area contributed by atoms with E-state index < -0.39 is 22.6 Å². The van der Waals surface area contributed by atoms with E-state index in [1.807, 2.05) is 24.4 Å². The molecule has 0 saturated carbocycles. The van der Waals surface area contributed by atoms with Gasteiger partial charge in [0.2, 0.25) is 0 Å². The second-order valence-corrected chi connectivity index (χ2v) is 8.15. The van der Waals surface area contributed by atoms with Crippen molar-refractivity contribution in [1.82, 2.24) is 19.7 Å². The van der Waals surface area contributed by atoms with Crippen LogP contribution in [0.5, 0.6) is 5.75 Å². The molecule has 2 heterocycles. The fourth-order valence-corrected chi connectivity index (χ4v) is 4.35. The quantitative estimate of drug-likeness (QED) is 0.564. The maximum absolute atomic E-state index is 12.1. The van der Waals surface area contributed by atoms with Crippen molar-refractivity contribution in [3.8, 4) is 5.75 Å². The van der Waals surface area contributed by atoms with Crippen molar-refractivity contribution in [2.24, 2.45) is 0 Å². The van der Waals surface area contributed by atoms with E-state index in [2.05, 4.69) is 28.8 Å². The first-order valence-electron chi connectivity index (χ1n) is 9.75. The van der Waals surface area contributed by atoms with E-state index in [4.69, 9.17) is 23.2 Å². The largest absolute Gasteiger partial charge is 0.503 e. The Hall–Kier alpha value is -2.51. The number of amides is 1. The number of rotatable bonds is 7. The highest BCUT2D eigenvalue weighted by molar-refractivity contribution is 6.37. The molecular formula is C21H24Cl2N4O3. The lowest BCUT2D eigenvalue weighted by Crippen LogP contribution is -2.39. The van der Waals surface area contributed by atoms with Gasteiger partial charge in [-0.15, -0.1) is 0 Å². The van der Waals surface area contributed by atoms with Crippen LogP contribution in [0.2, 0.25) is 10.0 Å². The van der Waals surface area contributed by atoms with Crippen molar-refractivity contribution in [1.29, 1.82) is 0 Å². The minimum Gasteiger partial charge on any atom is -0.503 e. The summed E-state index contributed by atoms with van der Waals surface area (Å²) in [4.78, 5) is 24.2. The molecule has 3 aromatic rings. The Bertz CT molecular complexity index is 1160. The number of hydrogen-bond donors (Lipinski definition) is 2. The summed E-state index contributed by atoms with van der Waals surface area (Å²) in [5.74, 6) is -1.17. The number of nitrogens with one attached hydrogen (secondary N) is 1. The number of carbonyl (C=O) groups is 1. The van der Waals surface area contributed by atoms with E-state index in [1.165, 1.54) is 17.9 Å². The molecule has 1 amide bonds. The third-order valence-electron chi connectivity index (χ3n) is 5.45. The molecule has 0 aliphatic carbocycles. The van der Waals surface area contributed by atoms with E-state index in [0.29, 0.717) is 16.6 Å². The lowest BCUT2D eigenvalue weighted by atomic mass is 9.89. The number of aromatic hydroxyl groups is 1. The molecule has 0 radical (unpaired) electrons. The van der Waals surface area contributed by atoms with Crippen LogP contribution in [0.25, 0.3) is 10.9 Å². The van der Waals surface area contributed by atoms with Crippen LogP contribution in [0.4, 0.5) is 0 Å². The van der Waals surface area contributed by atoms with Crippen LogP contribution in [0.15, 0.2) is 35.4 Å². The van der Waals surface area contributed by atoms with Crippen molar-refractivity contribution in [3.63, 3.8) is 0 Å². The molecule has 1 unspecified atom stereocenters. The first kappa shape index (κ1) is 22.2. The van der Waals surface area contributed by atoms with Gasteiger partial charge in [-0.05, 0) is 31.0 Å².